The molecule has 0 aromatic heterocycles. The van der Waals surface area contributed by atoms with Crippen molar-refractivity contribution in [1.29, 1.82) is 0 Å². The first-order chi connectivity index (χ1) is 16.1. The van der Waals surface area contributed by atoms with E-state index < -0.39 is 35.9 Å². The molecular formula is C24H24F5NO4. The monoisotopic (exact) mass is 485 g/mol. The Hall–Kier alpha value is -2.72. The number of nitrogens with zero attached hydrogens (tertiary/aromatic N) is 1. The van der Waals surface area contributed by atoms with Crippen LogP contribution >= 0.6 is 0 Å². The van der Waals surface area contributed by atoms with Gasteiger partial charge in [-0.3, -0.25) is 4.79 Å². The zero-order valence-corrected chi connectivity index (χ0v) is 18.5. The fourth-order valence-electron chi connectivity index (χ4n) is 4.62. The molecule has 2 atom stereocenters. The Bertz CT molecular complexity index is 1060. The number of methoxy groups -OCH3 is 1. The van der Waals surface area contributed by atoms with Gasteiger partial charge in [-0.15, -0.1) is 0 Å². The van der Waals surface area contributed by atoms with Gasteiger partial charge in [-0.1, -0.05) is 18.2 Å². The second-order valence-electron chi connectivity index (χ2n) is 8.40. The van der Waals surface area contributed by atoms with Crippen molar-refractivity contribution >= 4 is 5.91 Å². The van der Waals surface area contributed by atoms with Crippen molar-refractivity contribution in [3.05, 3.63) is 64.7 Å². The van der Waals surface area contributed by atoms with Crippen molar-refractivity contribution < 1.29 is 41.0 Å². The van der Waals surface area contributed by atoms with E-state index >= 15 is 0 Å². The molecule has 2 fully saturated rings. The highest BCUT2D eigenvalue weighted by Crippen LogP contribution is 2.44. The molecule has 0 N–H and O–H groups in total. The minimum Gasteiger partial charge on any atom is -0.496 e. The summed E-state index contributed by atoms with van der Waals surface area (Å²) in [5, 5.41) is 0. The van der Waals surface area contributed by atoms with Crippen molar-refractivity contribution in [3.63, 3.8) is 0 Å². The summed E-state index contributed by atoms with van der Waals surface area (Å²) in [7, 11) is 1.39. The highest BCUT2D eigenvalue weighted by Gasteiger charge is 2.52. The van der Waals surface area contributed by atoms with E-state index in [-0.39, 0.29) is 50.6 Å². The van der Waals surface area contributed by atoms with Crippen LogP contribution in [0.4, 0.5) is 22.0 Å². The molecule has 0 radical (unpaired) electrons. The van der Waals surface area contributed by atoms with Crippen LogP contribution in [0.25, 0.3) is 0 Å². The van der Waals surface area contributed by atoms with E-state index in [0.717, 1.165) is 6.07 Å². The molecule has 2 aliphatic rings. The summed E-state index contributed by atoms with van der Waals surface area (Å²) < 4.78 is 82.4. The second kappa shape index (κ2) is 9.50. The first kappa shape index (κ1) is 24.4. The van der Waals surface area contributed by atoms with Crippen molar-refractivity contribution in [2.75, 3.05) is 27.0 Å². The lowest BCUT2D eigenvalue weighted by molar-refractivity contribution is -0.135. The average Bonchev–Trinajstić information content (AvgIpc) is 3.23. The van der Waals surface area contributed by atoms with Gasteiger partial charge in [-0.25, -0.2) is 8.78 Å². The highest BCUT2D eigenvalue weighted by atomic mass is 19.4. The molecule has 5 nitrogen and oxygen atoms in total. The highest BCUT2D eigenvalue weighted by molar-refractivity contribution is 5.95. The lowest BCUT2D eigenvalue weighted by atomic mass is 9.81. The molecule has 0 spiro atoms. The third-order valence-corrected chi connectivity index (χ3v) is 6.38. The van der Waals surface area contributed by atoms with Gasteiger partial charge in [0.15, 0.2) is 11.6 Å². The zero-order valence-electron chi connectivity index (χ0n) is 18.5. The molecule has 2 unspecified atom stereocenters. The number of likely N-dealkylation sites (tertiary alicyclic amines) is 1. The minimum atomic E-state index is -4.23. The normalized spacial score (nSPS) is 22.5. The molecular weight excluding hydrogens is 461 g/mol. The van der Waals surface area contributed by atoms with E-state index in [1.807, 2.05) is 0 Å². The Kier molecular flexibility index (Phi) is 6.82. The largest absolute Gasteiger partial charge is 0.496 e. The third kappa shape index (κ3) is 4.74. The SMILES string of the molecule is COc1cc(C(=O)N2CCC3(c4cccc(F)c4F)OCOC3C2)ccc1CCCC(F)(F)F. The molecule has 34 heavy (non-hydrogen) atoms. The summed E-state index contributed by atoms with van der Waals surface area (Å²) in [5.74, 6) is -1.98. The summed E-state index contributed by atoms with van der Waals surface area (Å²) in [4.78, 5) is 14.7. The molecule has 0 saturated carbocycles. The smallest absolute Gasteiger partial charge is 0.389 e. The van der Waals surface area contributed by atoms with Crippen LogP contribution in [-0.2, 0) is 21.5 Å². The topological polar surface area (TPSA) is 48.0 Å². The fraction of sp³-hybridized carbons (Fsp3) is 0.458. The first-order valence-electron chi connectivity index (χ1n) is 10.9. The van der Waals surface area contributed by atoms with Crippen molar-refractivity contribution in [2.24, 2.45) is 0 Å². The zero-order chi connectivity index (χ0) is 24.5. The number of hydrogen-bond donors (Lipinski definition) is 0. The van der Waals surface area contributed by atoms with Gasteiger partial charge in [-0.05, 0) is 36.6 Å². The average molecular weight is 485 g/mol. The minimum absolute atomic E-state index is 0.0620. The molecule has 2 aromatic carbocycles. The Morgan fingerprint density at radius 3 is 2.76 bits per heavy atom. The molecule has 10 heteroatoms. The van der Waals surface area contributed by atoms with Gasteiger partial charge in [-0.2, -0.15) is 13.2 Å². The Balaban J connectivity index is 1.49. The number of aryl methyl sites for hydroxylation is 1. The van der Waals surface area contributed by atoms with Gasteiger partial charge >= 0.3 is 6.18 Å². The molecule has 184 valence electrons. The molecule has 1 amide bonds. The van der Waals surface area contributed by atoms with Crippen molar-refractivity contribution in [3.8, 4) is 5.75 Å². The number of alkyl halides is 3. The van der Waals surface area contributed by atoms with Gasteiger partial charge in [0.25, 0.3) is 5.91 Å². The number of halogens is 5. The van der Waals surface area contributed by atoms with Crippen LogP contribution in [0.5, 0.6) is 5.75 Å². The van der Waals surface area contributed by atoms with Gasteiger partial charge < -0.3 is 19.1 Å². The summed E-state index contributed by atoms with van der Waals surface area (Å²) in [6.45, 7) is 0.206. The molecule has 4 rings (SSSR count). The predicted octanol–water partition coefficient (Wildman–Crippen LogP) is 4.97. The summed E-state index contributed by atoms with van der Waals surface area (Å²) in [6, 6.07) is 8.54. The number of carbonyl (C=O) groups is 1. The van der Waals surface area contributed by atoms with Crippen LogP contribution in [-0.4, -0.2) is 50.1 Å². The number of fused-ring (bicyclic) bond motifs is 1. The lowest BCUT2D eigenvalue weighted by Crippen LogP contribution is -2.54. The molecule has 0 bridgehead atoms. The van der Waals surface area contributed by atoms with E-state index in [0.29, 0.717) is 16.9 Å². The number of piperidine rings is 1. The standard InChI is InChI=1S/C24H24F5NO4/c1-32-19-12-16(8-7-15(19)4-3-9-24(27,28)29)22(31)30-11-10-23(20(13-30)33-14-34-23)17-5-2-6-18(25)21(17)26/h2,5-8,12,20H,3-4,9-11,13-14H2,1H3. The number of ether oxygens (including phenoxy) is 3. The molecule has 2 aliphatic heterocycles. The maximum atomic E-state index is 14.5. The number of carbonyl (C=O) groups excluding carboxylic acids is 1. The molecule has 2 heterocycles. The van der Waals surface area contributed by atoms with E-state index in [9.17, 15) is 26.7 Å². The predicted molar refractivity (Wildman–Crippen MR) is 111 cm³/mol. The van der Waals surface area contributed by atoms with Gasteiger partial charge in [0.2, 0.25) is 0 Å². The maximum Gasteiger partial charge on any atom is 0.389 e. The van der Waals surface area contributed by atoms with E-state index in [2.05, 4.69) is 0 Å². The van der Waals surface area contributed by atoms with Gasteiger partial charge in [0, 0.05) is 30.5 Å². The van der Waals surface area contributed by atoms with Crippen LogP contribution in [0.2, 0.25) is 0 Å². The van der Waals surface area contributed by atoms with Crippen molar-refractivity contribution in [2.45, 2.75) is 43.6 Å². The number of benzene rings is 2. The fourth-order valence-corrected chi connectivity index (χ4v) is 4.62. The van der Waals surface area contributed by atoms with Crippen LogP contribution < -0.4 is 4.74 Å². The number of amides is 1. The van der Waals surface area contributed by atoms with Crippen molar-refractivity contribution in [1.82, 2.24) is 4.90 Å². The van der Waals surface area contributed by atoms with E-state index in [4.69, 9.17) is 14.2 Å². The second-order valence-corrected chi connectivity index (χ2v) is 8.40. The lowest BCUT2D eigenvalue weighted by Gasteiger charge is -2.42. The van der Waals surface area contributed by atoms with Gasteiger partial charge in [0.1, 0.15) is 24.2 Å². The quantitative estimate of drug-likeness (QED) is 0.542. The maximum absolute atomic E-state index is 14.5. The summed E-state index contributed by atoms with van der Waals surface area (Å²) in [5.41, 5.74) is -0.245. The van der Waals surface area contributed by atoms with Crippen LogP contribution in [0.15, 0.2) is 36.4 Å². The number of rotatable bonds is 6. The van der Waals surface area contributed by atoms with Crippen LogP contribution in [0.3, 0.4) is 0 Å². The summed E-state index contributed by atoms with van der Waals surface area (Å²) >= 11 is 0. The van der Waals surface area contributed by atoms with Crippen LogP contribution in [0.1, 0.15) is 40.7 Å². The van der Waals surface area contributed by atoms with Crippen LogP contribution in [0, 0.1) is 11.6 Å². The Morgan fingerprint density at radius 2 is 2.03 bits per heavy atom. The molecule has 2 aromatic rings. The molecule has 2 saturated heterocycles. The number of hydrogen-bond acceptors (Lipinski definition) is 4. The first-order valence-corrected chi connectivity index (χ1v) is 10.9. The Morgan fingerprint density at radius 1 is 1.24 bits per heavy atom. The molecule has 0 aliphatic carbocycles. The third-order valence-electron chi connectivity index (χ3n) is 6.38. The van der Waals surface area contributed by atoms with Gasteiger partial charge in [0.05, 0.1) is 13.7 Å². The van der Waals surface area contributed by atoms with E-state index in [1.165, 1.54) is 30.2 Å². The summed E-state index contributed by atoms with van der Waals surface area (Å²) in [6.07, 6.45) is -5.54. The Labute approximate surface area is 193 Å². The van der Waals surface area contributed by atoms with E-state index in [1.54, 1.807) is 12.1 Å².